The first-order valence-electron chi connectivity index (χ1n) is 6.99. The lowest BCUT2D eigenvalue weighted by molar-refractivity contribution is 0.168. The summed E-state index contributed by atoms with van der Waals surface area (Å²) in [6, 6.07) is 5.22. The van der Waals surface area contributed by atoms with Gasteiger partial charge in [-0.15, -0.1) is 17.9 Å². The molecular formula is C15H24N2S. The lowest BCUT2D eigenvalue weighted by atomic mass is 10.1. The van der Waals surface area contributed by atoms with Crippen LogP contribution in [0.2, 0.25) is 0 Å². The highest BCUT2D eigenvalue weighted by Crippen LogP contribution is 2.32. The average molecular weight is 264 g/mol. The van der Waals surface area contributed by atoms with Gasteiger partial charge in [0.05, 0.1) is 0 Å². The van der Waals surface area contributed by atoms with Crippen LogP contribution in [0, 0.1) is 0 Å². The van der Waals surface area contributed by atoms with Gasteiger partial charge in [-0.3, -0.25) is 4.90 Å². The van der Waals surface area contributed by atoms with Crippen molar-refractivity contribution < 1.29 is 0 Å². The lowest BCUT2D eigenvalue weighted by Gasteiger charge is -2.34. The van der Waals surface area contributed by atoms with Gasteiger partial charge in [-0.25, -0.2) is 0 Å². The number of nitrogens with zero attached hydrogens (tertiary/aromatic N) is 1. The summed E-state index contributed by atoms with van der Waals surface area (Å²) in [4.78, 5) is 5.67. The van der Waals surface area contributed by atoms with E-state index in [-0.39, 0.29) is 0 Å². The monoisotopic (exact) mass is 264 g/mol. The molecule has 1 N–H and O–H groups in total. The maximum absolute atomic E-state index is 3.87. The van der Waals surface area contributed by atoms with Crippen molar-refractivity contribution in [1.29, 1.82) is 0 Å². The number of rotatable bonds is 6. The van der Waals surface area contributed by atoms with Gasteiger partial charge in [-0.1, -0.05) is 13.0 Å². The Morgan fingerprint density at radius 2 is 2.22 bits per heavy atom. The first-order valence-corrected chi connectivity index (χ1v) is 7.81. The summed E-state index contributed by atoms with van der Waals surface area (Å²) in [5, 5.41) is 3.44. The smallest absolute Gasteiger partial charge is 0.0445 e. The molecule has 0 unspecified atom stereocenters. The fourth-order valence-corrected chi connectivity index (χ4v) is 3.66. The topological polar surface area (TPSA) is 15.3 Å². The van der Waals surface area contributed by atoms with Gasteiger partial charge in [0, 0.05) is 42.0 Å². The Labute approximate surface area is 115 Å². The van der Waals surface area contributed by atoms with Gasteiger partial charge in [-0.2, -0.15) is 0 Å². The average Bonchev–Trinajstić information content (AvgIpc) is 2.89. The number of allylic oxidation sites excluding steroid dienone is 1. The zero-order chi connectivity index (χ0) is 12.8. The Bertz CT molecular complexity index is 366. The highest BCUT2D eigenvalue weighted by atomic mass is 32.1. The molecule has 1 aromatic heterocycles. The third-order valence-electron chi connectivity index (χ3n) is 3.60. The minimum Gasteiger partial charge on any atom is -0.314 e. The summed E-state index contributed by atoms with van der Waals surface area (Å²) < 4.78 is 0. The second-order valence-electron chi connectivity index (χ2n) is 4.83. The number of nitrogens with one attached hydrogen (secondary N) is 1. The second-order valence-corrected chi connectivity index (χ2v) is 6.03. The number of aryl methyl sites for hydroxylation is 1. The van der Waals surface area contributed by atoms with E-state index in [1.54, 1.807) is 0 Å². The van der Waals surface area contributed by atoms with E-state index in [0.717, 1.165) is 25.9 Å². The summed E-state index contributed by atoms with van der Waals surface area (Å²) in [6.07, 6.45) is 5.51. The van der Waals surface area contributed by atoms with Crippen LogP contribution < -0.4 is 5.32 Å². The Balaban J connectivity index is 2.09. The van der Waals surface area contributed by atoms with Crippen LogP contribution in [0.3, 0.4) is 0 Å². The molecule has 3 heteroatoms. The first kappa shape index (κ1) is 13.8. The molecule has 0 spiro atoms. The van der Waals surface area contributed by atoms with Gasteiger partial charge in [0.2, 0.25) is 0 Å². The molecule has 1 saturated heterocycles. The van der Waals surface area contributed by atoms with Gasteiger partial charge in [0.1, 0.15) is 0 Å². The van der Waals surface area contributed by atoms with Crippen molar-refractivity contribution in [3.8, 4) is 0 Å². The molecule has 0 bridgehead atoms. The van der Waals surface area contributed by atoms with Crippen LogP contribution >= 0.6 is 11.3 Å². The molecule has 2 heterocycles. The fourth-order valence-electron chi connectivity index (χ4n) is 2.54. The van der Waals surface area contributed by atoms with Gasteiger partial charge in [0.25, 0.3) is 0 Å². The lowest BCUT2D eigenvalue weighted by Crippen LogP contribution is -2.45. The molecule has 2 rings (SSSR count). The zero-order valence-electron chi connectivity index (χ0n) is 11.3. The van der Waals surface area contributed by atoms with Crippen LogP contribution in [0.1, 0.15) is 35.6 Å². The van der Waals surface area contributed by atoms with Crippen molar-refractivity contribution in [1.82, 2.24) is 10.2 Å². The normalized spacial score (nSPS) is 18.7. The van der Waals surface area contributed by atoms with Crippen molar-refractivity contribution in [3.63, 3.8) is 0 Å². The third kappa shape index (κ3) is 3.44. The summed E-state index contributed by atoms with van der Waals surface area (Å²) >= 11 is 1.99. The van der Waals surface area contributed by atoms with Crippen molar-refractivity contribution in [2.75, 3.05) is 26.2 Å². The Morgan fingerprint density at radius 3 is 2.83 bits per heavy atom. The van der Waals surface area contributed by atoms with Crippen molar-refractivity contribution in [3.05, 3.63) is 34.5 Å². The van der Waals surface area contributed by atoms with Crippen LogP contribution in [0.15, 0.2) is 24.8 Å². The number of hydrogen-bond acceptors (Lipinski definition) is 3. The highest BCUT2D eigenvalue weighted by molar-refractivity contribution is 7.12. The van der Waals surface area contributed by atoms with Gasteiger partial charge >= 0.3 is 0 Å². The Hall–Kier alpha value is -0.640. The van der Waals surface area contributed by atoms with Crippen molar-refractivity contribution in [2.24, 2.45) is 0 Å². The summed E-state index contributed by atoms with van der Waals surface area (Å²) in [5.41, 5.74) is 0. The predicted octanol–water partition coefficient (Wildman–Crippen LogP) is 3.22. The number of piperazine rings is 1. The third-order valence-corrected chi connectivity index (χ3v) is 4.93. The maximum atomic E-state index is 3.87. The fraction of sp³-hybridized carbons (Fsp3) is 0.600. The van der Waals surface area contributed by atoms with E-state index < -0.39 is 0 Å². The quantitative estimate of drug-likeness (QED) is 0.794. The Kier molecular flexibility index (Phi) is 5.42. The van der Waals surface area contributed by atoms with Gasteiger partial charge in [0.15, 0.2) is 0 Å². The SMILES string of the molecule is C=CCC[C@H](c1ccc(CC)s1)N1CCNCC1. The van der Waals surface area contributed by atoms with E-state index in [9.17, 15) is 0 Å². The van der Waals surface area contributed by atoms with Gasteiger partial charge in [-0.05, 0) is 31.4 Å². The molecule has 100 valence electrons. The maximum Gasteiger partial charge on any atom is 0.0445 e. The minimum atomic E-state index is 0.593. The molecular weight excluding hydrogens is 240 g/mol. The number of hydrogen-bond donors (Lipinski definition) is 1. The van der Waals surface area contributed by atoms with E-state index in [2.05, 4.69) is 35.9 Å². The second kappa shape index (κ2) is 7.07. The highest BCUT2D eigenvalue weighted by Gasteiger charge is 2.22. The van der Waals surface area contributed by atoms with Crippen LogP contribution in [0.5, 0.6) is 0 Å². The molecule has 2 nitrogen and oxygen atoms in total. The van der Waals surface area contributed by atoms with Crippen molar-refractivity contribution in [2.45, 2.75) is 32.2 Å². The van der Waals surface area contributed by atoms with E-state index in [4.69, 9.17) is 0 Å². The molecule has 1 aliphatic heterocycles. The van der Waals surface area contributed by atoms with E-state index in [1.165, 1.54) is 29.3 Å². The molecule has 0 saturated carbocycles. The molecule has 0 radical (unpaired) electrons. The summed E-state index contributed by atoms with van der Waals surface area (Å²) in [6.45, 7) is 10.7. The largest absolute Gasteiger partial charge is 0.314 e. The molecule has 1 atom stereocenters. The molecule has 1 aromatic rings. The summed E-state index contributed by atoms with van der Waals surface area (Å²) in [7, 11) is 0. The number of thiophene rings is 1. The minimum absolute atomic E-state index is 0.593. The van der Waals surface area contributed by atoms with Crippen LogP contribution in [0.4, 0.5) is 0 Å². The van der Waals surface area contributed by atoms with E-state index >= 15 is 0 Å². The van der Waals surface area contributed by atoms with Crippen LogP contribution in [-0.2, 0) is 6.42 Å². The van der Waals surface area contributed by atoms with Crippen LogP contribution in [0.25, 0.3) is 0 Å². The zero-order valence-corrected chi connectivity index (χ0v) is 12.1. The van der Waals surface area contributed by atoms with Gasteiger partial charge < -0.3 is 5.32 Å². The first-order chi connectivity index (χ1) is 8.85. The summed E-state index contributed by atoms with van der Waals surface area (Å²) in [5.74, 6) is 0. The van der Waals surface area contributed by atoms with Crippen LogP contribution in [-0.4, -0.2) is 31.1 Å². The predicted molar refractivity (Wildman–Crippen MR) is 80.3 cm³/mol. The standard InChI is InChI=1S/C15H24N2S/c1-3-5-6-14(17-11-9-16-10-12-17)15-8-7-13(4-2)18-15/h3,7-8,14,16H,1,4-6,9-12H2,2H3/t14-/m1/s1. The molecule has 18 heavy (non-hydrogen) atoms. The van der Waals surface area contributed by atoms with E-state index in [1.807, 2.05) is 17.4 Å². The van der Waals surface area contributed by atoms with Crippen molar-refractivity contribution >= 4 is 11.3 Å². The molecule has 0 aliphatic carbocycles. The molecule has 1 fully saturated rings. The van der Waals surface area contributed by atoms with E-state index in [0.29, 0.717) is 6.04 Å². The molecule has 1 aliphatic rings. The molecule has 0 amide bonds. The molecule has 0 aromatic carbocycles. The Morgan fingerprint density at radius 1 is 1.44 bits per heavy atom.